The van der Waals surface area contributed by atoms with Crippen LogP contribution in [0.1, 0.15) is 24.2 Å². The lowest BCUT2D eigenvalue weighted by molar-refractivity contribution is 0.1000. The zero-order chi connectivity index (χ0) is 12.1. The standard InChI is InChI=1S/C12H14N2O2/c1-8(2)11(7-13)16-10-5-3-9(4-6-10)12(14)15/h3-6,8,11H,1-2H3,(H2,14,15). The molecule has 16 heavy (non-hydrogen) atoms. The molecule has 0 radical (unpaired) electrons. The molecular formula is C12H14N2O2. The van der Waals surface area contributed by atoms with Crippen LogP contribution in [0.25, 0.3) is 0 Å². The number of carbonyl (C=O) groups excluding carboxylic acids is 1. The van der Waals surface area contributed by atoms with Gasteiger partial charge in [0.15, 0.2) is 6.10 Å². The van der Waals surface area contributed by atoms with Crippen molar-refractivity contribution in [3.8, 4) is 11.8 Å². The summed E-state index contributed by atoms with van der Waals surface area (Å²) in [5.41, 5.74) is 5.53. The molecule has 1 aromatic rings. The summed E-state index contributed by atoms with van der Waals surface area (Å²) in [4.78, 5) is 10.8. The topological polar surface area (TPSA) is 76.1 Å². The maximum Gasteiger partial charge on any atom is 0.248 e. The maximum atomic E-state index is 10.8. The summed E-state index contributed by atoms with van der Waals surface area (Å²) in [6.07, 6.45) is -0.487. The Bertz CT molecular complexity index is 404. The molecule has 84 valence electrons. The number of ether oxygens (including phenoxy) is 1. The molecule has 1 rings (SSSR count). The Morgan fingerprint density at radius 1 is 1.38 bits per heavy atom. The smallest absolute Gasteiger partial charge is 0.248 e. The van der Waals surface area contributed by atoms with Gasteiger partial charge >= 0.3 is 0 Å². The summed E-state index contributed by atoms with van der Waals surface area (Å²) in [6, 6.07) is 8.49. The number of primary amides is 1. The van der Waals surface area contributed by atoms with Crippen molar-refractivity contribution in [1.29, 1.82) is 5.26 Å². The van der Waals surface area contributed by atoms with Crippen molar-refractivity contribution in [2.75, 3.05) is 0 Å². The molecule has 1 amide bonds. The van der Waals surface area contributed by atoms with Gasteiger partial charge in [-0.25, -0.2) is 0 Å². The van der Waals surface area contributed by atoms with Crippen LogP contribution in [-0.4, -0.2) is 12.0 Å². The van der Waals surface area contributed by atoms with E-state index >= 15 is 0 Å². The highest BCUT2D eigenvalue weighted by Gasteiger charge is 2.13. The Balaban J connectivity index is 2.76. The molecule has 1 aromatic carbocycles. The van der Waals surface area contributed by atoms with Crippen molar-refractivity contribution in [2.24, 2.45) is 11.7 Å². The first-order chi connectivity index (χ1) is 7.54. The predicted molar refractivity (Wildman–Crippen MR) is 59.8 cm³/mol. The van der Waals surface area contributed by atoms with Crippen LogP contribution < -0.4 is 10.5 Å². The normalized spacial score (nSPS) is 11.9. The average molecular weight is 218 g/mol. The third-order valence-corrected chi connectivity index (χ3v) is 2.13. The molecule has 0 fully saturated rings. The van der Waals surface area contributed by atoms with Crippen LogP contribution >= 0.6 is 0 Å². The Hall–Kier alpha value is -2.02. The Labute approximate surface area is 94.6 Å². The van der Waals surface area contributed by atoms with Gasteiger partial charge in [-0.05, 0) is 24.3 Å². The van der Waals surface area contributed by atoms with Crippen LogP contribution in [0.2, 0.25) is 0 Å². The highest BCUT2D eigenvalue weighted by Crippen LogP contribution is 2.16. The summed E-state index contributed by atoms with van der Waals surface area (Å²) in [5.74, 6) is 0.193. The molecule has 1 atom stereocenters. The van der Waals surface area contributed by atoms with Gasteiger partial charge < -0.3 is 10.5 Å². The quantitative estimate of drug-likeness (QED) is 0.835. The molecule has 0 aliphatic rings. The molecule has 0 aliphatic heterocycles. The van der Waals surface area contributed by atoms with E-state index in [0.29, 0.717) is 11.3 Å². The first-order valence-electron chi connectivity index (χ1n) is 5.00. The van der Waals surface area contributed by atoms with E-state index in [1.807, 2.05) is 13.8 Å². The zero-order valence-electron chi connectivity index (χ0n) is 9.31. The van der Waals surface area contributed by atoms with Crippen LogP contribution in [-0.2, 0) is 0 Å². The maximum absolute atomic E-state index is 10.8. The minimum absolute atomic E-state index is 0.112. The number of carbonyl (C=O) groups is 1. The van der Waals surface area contributed by atoms with Crippen molar-refractivity contribution >= 4 is 5.91 Å². The number of hydrogen-bond donors (Lipinski definition) is 1. The number of nitriles is 1. The van der Waals surface area contributed by atoms with Gasteiger partial charge in [-0.2, -0.15) is 5.26 Å². The van der Waals surface area contributed by atoms with Gasteiger partial charge in [-0.3, -0.25) is 4.79 Å². The highest BCUT2D eigenvalue weighted by molar-refractivity contribution is 5.92. The molecule has 0 spiro atoms. The van der Waals surface area contributed by atoms with Crippen LogP contribution in [0.5, 0.6) is 5.75 Å². The molecule has 0 saturated carbocycles. The SMILES string of the molecule is CC(C)C(C#N)Oc1ccc(C(N)=O)cc1. The van der Waals surface area contributed by atoms with Gasteiger partial charge in [0.1, 0.15) is 11.8 Å². The Kier molecular flexibility index (Phi) is 3.90. The van der Waals surface area contributed by atoms with E-state index in [4.69, 9.17) is 15.7 Å². The van der Waals surface area contributed by atoms with Gasteiger partial charge in [-0.15, -0.1) is 0 Å². The van der Waals surface area contributed by atoms with Crippen molar-refractivity contribution < 1.29 is 9.53 Å². The fourth-order valence-corrected chi connectivity index (χ4v) is 1.16. The summed E-state index contributed by atoms with van der Waals surface area (Å²) in [6.45, 7) is 3.82. The first-order valence-corrected chi connectivity index (χ1v) is 5.00. The lowest BCUT2D eigenvalue weighted by Crippen LogP contribution is -2.20. The van der Waals surface area contributed by atoms with Gasteiger partial charge in [0.25, 0.3) is 0 Å². The molecule has 4 heteroatoms. The van der Waals surface area contributed by atoms with Crippen molar-refractivity contribution in [3.63, 3.8) is 0 Å². The minimum Gasteiger partial charge on any atom is -0.475 e. The van der Waals surface area contributed by atoms with E-state index < -0.39 is 12.0 Å². The summed E-state index contributed by atoms with van der Waals surface area (Å²) >= 11 is 0. The molecule has 0 aromatic heterocycles. The molecule has 0 bridgehead atoms. The zero-order valence-corrected chi connectivity index (χ0v) is 9.31. The van der Waals surface area contributed by atoms with Crippen molar-refractivity contribution in [2.45, 2.75) is 20.0 Å². The third kappa shape index (κ3) is 2.99. The minimum atomic E-state index is -0.487. The van der Waals surface area contributed by atoms with Crippen LogP contribution in [0.3, 0.4) is 0 Å². The van der Waals surface area contributed by atoms with Gasteiger partial charge in [0.05, 0.1) is 0 Å². The second-order valence-electron chi connectivity index (χ2n) is 3.80. The average Bonchev–Trinajstić information content (AvgIpc) is 2.26. The predicted octanol–water partition coefficient (Wildman–Crippen LogP) is 1.71. The second-order valence-corrected chi connectivity index (χ2v) is 3.80. The second kappa shape index (κ2) is 5.17. The lowest BCUT2D eigenvalue weighted by Gasteiger charge is -2.15. The largest absolute Gasteiger partial charge is 0.475 e. The van der Waals surface area contributed by atoms with Crippen LogP contribution in [0.15, 0.2) is 24.3 Å². The number of nitrogens with zero attached hydrogens (tertiary/aromatic N) is 1. The van der Waals surface area contributed by atoms with E-state index in [2.05, 4.69) is 6.07 Å². The number of benzene rings is 1. The molecule has 2 N–H and O–H groups in total. The van der Waals surface area contributed by atoms with E-state index in [1.54, 1.807) is 24.3 Å². The van der Waals surface area contributed by atoms with E-state index in [9.17, 15) is 4.79 Å². The molecule has 4 nitrogen and oxygen atoms in total. The molecule has 0 heterocycles. The van der Waals surface area contributed by atoms with E-state index in [-0.39, 0.29) is 5.92 Å². The summed E-state index contributed by atoms with van der Waals surface area (Å²) in [7, 11) is 0. The van der Waals surface area contributed by atoms with Gasteiger partial charge in [-0.1, -0.05) is 13.8 Å². The summed E-state index contributed by atoms with van der Waals surface area (Å²) in [5, 5.41) is 8.85. The molecule has 0 saturated heterocycles. The Morgan fingerprint density at radius 3 is 2.31 bits per heavy atom. The van der Waals surface area contributed by atoms with E-state index in [1.165, 1.54) is 0 Å². The molecular weight excluding hydrogens is 204 g/mol. The molecule has 0 aliphatic carbocycles. The number of amides is 1. The highest BCUT2D eigenvalue weighted by atomic mass is 16.5. The van der Waals surface area contributed by atoms with Crippen LogP contribution in [0.4, 0.5) is 0 Å². The third-order valence-electron chi connectivity index (χ3n) is 2.13. The van der Waals surface area contributed by atoms with Crippen molar-refractivity contribution in [1.82, 2.24) is 0 Å². The summed E-state index contributed by atoms with van der Waals surface area (Å²) < 4.78 is 5.45. The van der Waals surface area contributed by atoms with Gasteiger partial charge in [0, 0.05) is 11.5 Å². The first kappa shape index (κ1) is 12.1. The fourth-order valence-electron chi connectivity index (χ4n) is 1.16. The van der Waals surface area contributed by atoms with Gasteiger partial charge in [0.2, 0.25) is 5.91 Å². The van der Waals surface area contributed by atoms with E-state index in [0.717, 1.165) is 0 Å². The number of nitrogens with two attached hydrogens (primary N) is 1. The Morgan fingerprint density at radius 2 is 1.94 bits per heavy atom. The number of rotatable bonds is 4. The molecule has 1 unspecified atom stereocenters. The van der Waals surface area contributed by atoms with Crippen LogP contribution in [0, 0.1) is 17.2 Å². The van der Waals surface area contributed by atoms with Crippen molar-refractivity contribution in [3.05, 3.63) is 29.8 Å². The lowest BCUT2D eigenvalue weighted by atomic mass is 10.1. The monoisotopic (exact) mass is 218 g/mol. The fraction of sp³-hybridized carbons (Fsp3) is 0.333. The number of hydrogen-bond acceptors (Lipinski definition) is 3.